The molecule has 1 heterocycles. The molecule has 4 nitrogen and oxygen atoms in total. The fraction of sp³-hybridized carbons (Fsp3) is 0.364. The van der Waals surface area contributed by atoms with Crippen LogP contribution in [-0.4, -0.2) is 15.0 Å². The summed E-state index contributed by atoms with van der Waals surface area (Å²) in [6.07, 6.45) is 0. The minimum absolute atomic E-state index is 0.180. The van der Waals surface area contributed by atoms with Crippen LogP contribution in [0.5, 0.6) is 0 Å². The van der Waals surface area contributed by atoms with Crippen molar-refractivity contribution in [1.29, 1.82) is 0 Å². The first-order chi connectivity index (χ1) is 7.00. The molecule has 0 aliphatic rings. The second kappa shape index (κ2) is 3.15. The predicted octanol–water partition coefficient (Wildman–Crippen LogP) is 1.55. The zero-order valence-corrected chi connectivity index (χ0v) is 9.06. The zero-order chi connectivity index (χ0) is 11.1. The highest BCUT2D eigenvalue weighted by Gasteiger charge is 2.16. The largest absolute Gasteiger partial charge is 0.299 e. The van der Waals surface area contributed by atoms with Gasteiger partial charge in [0.2, 0.25) is 0 Å². The van der Waals surface area contributed by atoms with Gasteiger partial charge in [0.1, 0.15) is 0 Å². The van der Waals surface area contributed by atoms with Crippen LogP contribution < -0.4 is 5.56 Å². The van der Waals surface area contributed by atoms with Crippen molar-refractivity contribution in [2.45, 2.75) is 26.3 Å². The molecule has 0 N–H and O–H groups in total. The minimum Gasteiger partial charge on any atom is -0.265 e. The molecular formula is C11H13N3O. The monoisotopic (exact) mass is 203 g/mol. The van der Waals surface area contributed by atoms with Gasteiger partial charge in [0.05, 0.1) is 16.4 Å². The lowest BCUT2D eigenvalue weighted by atomic mass is 10.1. The molecule has 2 rings (SSSR count). The molecule has 1 aromatic carbocycles. The first-order valence-corrected chi connectivity index (χ1v) is 4.85. The van der Waals surface area contributed by atoms with Crippen molar-refractivity contribution in [3.8, 4) is 0 Å². The Hall–Kier alpha value is -1.71. The van der Waals surface area contributed by atoms with Gasteiger partial charge in [0.15, 0.2) is 0 Å². The van der Waals surface area contributed by atoms with Crippen molar-refractivity contribution in [2.24, 2.45) is 0 Å². The lowest BCUT2D eigenvalue weighted by molar-refractivity contribution is 0.349. The molecule has 78 valence electrons. The van der Waals surface area contributed by atoms with E-state index >= 15 is 0 Å². The lowest BCUT2D eigenvalue weighted by Crippen LogP contribution is -2.29. The molecular weight excluding hydrogens is 190 g/mol. The van der Waals surface area contributed by atoms with E-state index in [2.05, 4.69) is 10.3 Å². The molecule has 0 fully saturated rings. The van der Waals surface area contributed by atoms with E-state index in [1.165, 1.54) is 0 Å². The van der Waals surface area contributed by atoms with Gasteiger partial charge >= 0.3 is 0 Å². The normalized spacial score (nSPS) is 11.9. The Labute approximate surface area is 87.5 Å². The van der Waals surface area contributed by atoms with Crippen LogP contribution in [0.3, 0.4) is 0 Å². The van der Waals surface area contributed by atoms with Crippen LogP contribution >= 0.6 is 0 Å². The van der Waals surface area contributed by atoms with Crippen molar-refractivity contribution in [3.63, 3.8) is 0 Å². The third-order valence-corrected chi connectivity index (χ3v) is 2.22. The molecule has 0 unspecified atom stereocenters. The van der Waals surface area contributed by atoms with E-state index in [9.17, 15) is 4.79 Å². The van der Waals surface area contributed by atoms with E-state index in [1.807, 2.05) is 39.0 Å². The molecule has 15 heavy (non-hydrogen) atoms. The maximum Gasteiger partial charge on any atom is 0.299 e. The third-order valence-electron chi connectivity index (χ3n) is 2.22. The highest BCUT2D eigenvalue weighted by atomic mass is 16.1. The van der Waals surface area contributed by atoms with Crippen molar-refractivity contribution >= 4 is 10.9 Å². The zero-order valence-electron chi connectivity index (χ0n) is 9.06. The van der Waals surface area contributed by atoms with Crippen LogP contribution in [0.15, 0.2) is 29.1 Å². The van der Waals surface area contributed by atoms with E-state index in [1.54, 1.807) is 10.7 Å². The summed E-state index contributed by atoms with van der Waals surface area (Å²) in [6.45, 7) is 6.08. The van der Waals surface area contributed by atoms with Crippen LogP contribution in [0.1, 0.15) is 20.8 Å². The van der Waals surface area contributed by atoms with Gasteiger partial charge in [-0.1, -0.05) is 22.4 Å². The molecule has 0 bridgehead atoms. The molecule has 0 aliphatic carbocycles. The van der Waals surface area contributed by atoms with E-state index in [0.717, 1.165) is 5.52 Å². The third kappa shape index (κ3) is 1.63. The summed E-state index contributed by atoms with van der Waals surface area (Å²) in [4.78, 5) is 11.5. The summed E-state index contributed by atoms with van der Waals surface area (Å²) in [5.41, 5.74) is 0.372. The second-order valence-corrected chi connectivity index (χ2v) is 4.49. The Balaban J connectivity index is 2.90. The van der Waals surface area contributed by atoms with Gasteiger partial charge in [0, 0.05) is 0 Å². The Morgan fingerprint density at radius 1 is 1.20 bits per heavy atom. The number of hydrogen-bond donors (Lipinski definition) is 0. The highest BCUT2D eigenvalue weighted by molar-refractivity contribution is 5.77. The molecule has 0 saturated heterocycles. The minimum atomic E-state index is -0.272. The van der Waals surface area contributed by atoms with Crippen molar-refractivity contribution in [2.75, 3.05) is 0 Å². The van der Waals surface area contributed by atoms with Crippen LogP contribution in [0.2, 0.25) is 0 Å². The number of fused-ring (bicyclic) bond motifs is 1. The summed E-state index contributed by atoms with van der Waals surface area (Å²) in [5.74, 6) is 0. The van der Waals surface area contributed by atoms with Crippen molar-refractivity contribution in [3.05, 3.63) is 34.6 Å². The van der Waals surface area contributed by atoms with Crippen molar-refractivity contribution in [1.82, 2.24) is 15.0 Å². The topological polar surface area (TPSA) is 47.8 Å². The highest BCUT2D eigenvalue weighted by Crippen LogP contribution is 2.17. The molecule has 0 radical (unpaired) electrons. The van der Waals surface area contributed by atoms with Crippen LogP contribution in [0, 0.1) is 0 Å². The Kier molecular flexibility index (Phi) is 2.07. The molecule has 4 heteroatoms. The number of nitrogens with zero attached hydrogens (tertiary/aromatic N) is 3. The number of hydrogen-bond acceptors (Lipinski definition) is 3. The maximum atomic E-state index is 11.5. The lowest BCUT2D eigenvalue weighted by Gasteiger charge is -2.22. The van der Waals surface area contributed by atoms with Crippen molar-refractivity contribution < 1.29 is 0 Å². The van der Waals surface area contributed by atoms with E-state index in [4.69, 9.17) is 0 Å². The molecule has 1 aromatic heterocycles. The summed E-state index contributed by atoms with van der Waals surface area (Å²) < 4.78 is 1.77. The summed E-state index contributed by atoms with van der Waals surface area (Å²) in [6, 6.07) is 7.38. The first kappa shape index (κ1) is 9.83. The van der Waals surface area contributed by atoms with Gasteiger partial charge in [-0.2, -0.15) is 0 Å². The summed E-state index contributed by atoms with van der Waals surface area (Å²) >= 11 is 0. The number of para-hydroxylation sites is 1. The van der Waals surface area contributed by atoms with E-state index in [-0.39, 0.29) is 11.1 Å². The van der Waals surface area contributed by atoms with E-state index in [0.29, 0.717) is 5.39 Å². The van der Waals surface area contributed by atoms with E-state index < -0.39 is 0 Å². The molecule has 0 amide bonds. The number of benzene rings is 1. The fourth-order valence-corrected chi connectivity index (χ4v) is 1.52. The van der Waals surface area contributed by atoms with Crippen LogP contribution in [0.4, 0.5) is 0 Å². The van der Waals surface area contributed by atoms with Gasteiger partial charge in [-0.3, -0.25) is 4.79 Å². The Morgan fingerprint density at radius 2 is 1.87 bits per heavy atom. The second-order valence-electron chi connectivity index (χ2n) is 4.49. The molecule has 0 saturated carbocycles. The SMILES string of the molecule is CC(C)(C)n1nnc(=O)c2ccccc21. The average molecular weight is 203 g/mol. The molecule has 0 aliphatic heterocycles. The van der Waals surface area contributed by atoms with Gasteiger partial charge in [0.25, 0.3) is 5.56 Å². The van der Waals surface area contributed by atoms with Crippen LogP contribution in [-0.2, 0) is 5.54 Å². The predicted molar refractivity (Wildman–Crippen MR) is 58.8 cm³/mol. The fourth-order valence-electron chi connectivity index (χ4n) is 1.52. The first-order valence-electron chi connectivity index (χ1n) is 4.85. The molecule has 2 aromatic rings. The summed E-state index contributed by atoms with van der Waals surface area (Å²) in [7, 11) is 0. The number of rotatable bonds is 0. The Bertz CT molecular complexity index is 551. The van der Waals surface area contributed by atoms with Gasteiger partial charge in [-0.25, -0.2) is 4.68 Å². The average Bonchev–Trinajstić information content (AvgIpc) is 2.17. The van der Waals surface area contributed by atoms with Crippen LogP contribution in [0.25, 0.3) is 10.9 Å². The molecule has 0 spiro atoms. The molecule has 0 atom stereocenters. The van der Waals surface area contributed by atoms with Gasteiger partial charge in [-0.05, 0) is 32.9 Å². The van der Waals surface area contributed by atoms with Gasteiger partial charge in [-0.15, -0.1) is 0 Å². The summed E-state index contributed by atoms with van der Waals surface area (Å²) in [5, 5.41) is 8.18. The maximum absolute atomic E-state index is 11.5. The van der Waals surface area contributed by atoms with Gasteiger partial charge < -0.3 is 0 Å². The standard InChI is InChI=1S/C11H13N3O/c1-11(2,3)14-9-7-5-4-6-8(9)10(15)12-13-14/h4-7H,1-3H3. The quantitative estimate of drug-likeness (QED) is 0.652. The Morgan fingerprint density at radius 3 is 2.53 bits per heavy atom. The smallest absolute Gasteiger partial charge is 0.265 e. The number of aromatic nitrogens is 3.